The molecule has 0 radical (unpaired) electrons. The van der Waals surface area contributed by atoms with E-state index in [2.05, 4.69) is 15.5 Å². The van der Waals surface area contributed by atoms with Crippen molar-refractivity contribution in [2.45, 2.75) is 0 Å². The Labute approximate surface area is 157 Å². The van der Waals surface area contributed by atoms with Gasteiger partial charge >= 0.3 is 5.97 Å². The lowest BCUT2D eigenvalue weighted by atomic mass is 10.1. The van der Waals surface area contributed by atoms with Gasteiger partial charge in [-0.3, -0.25) is 14.9 Å². The summed E-state index contributed by atoms with van der Waals surface area (Å²) in [4.78, 5) is 36.6. The molecule has 2 heterocycles. The summed E-state index contributed by atoms with van der Waals surface area (Å²) in [6, 6.07) is 11.9. The topological polar surface area (TPSA) is 148 Å². The molecule has 0 aliphatic heterocycles. The zero-order valence-corrected chi connectivity index (χ0v) is 14.1. The summed E-state index contributed by atoms with van der Waals surface area (Å²) in [5.41, 5.74) is 2.68. The maximum atomic E-state index is 11.9. The molecule has 10 heteroatoms. The fourth-order valence-electron chi connectivity index (χ4n) is 2.22. The lowest BCUT2D eigenvalue weighted by Gasteiger charge is -1.99. The number of furan rings is 1. The highest BCUT2D eigenvalue weighted by molar-refractivity contribution is 5.93. The van der Waals surface area contributed by atoms with Crippen molar-refractivity contribution in [1.29, 1.82) is 0 Å². The Hall–Kier alpha value is -4.34. The third kappa shape index (κ3) is 4.25. The van der Waals surface area contributed by atoms with Crippen LogP contribution in [0.3, 0.4) is 0 Å². The van der Waals surface area contributed by atoms with Crippen LogP contribution in [0.1, 0.15) is 26.6 Å². The van der Waals surface area contributed by atoms with Gasteiger partial charge in [0, 0.05) is 11.6 Å². The zero-order valence-electron chi connectivity index (χ0n) is 14.1. The normalized spacial score (nSPS) is 10.7. The Balaban J connectivity index is 1.65. The first-order valence-corrected chi connectivity index (χ1v) is 7.81. The van der Waals surface area contributed by atoms with Crippen LogP contribution in [0.4, 0.5) is 5.69 Å². The number of aromatic carboxylic acids is 1. The predicted octanol–water partition coefficient (Wildman–Crippen LogP) is 2.71. The fraction of sp³-hybridized carbons (Fsp3) is 0. The Bertz CT molecular complexity index is 1070. The molecule has 0 unspecified atom stereocenters. The van der Waals surface area contributed by atoms with E-state index in [4.69, 9.17) is 9.52 Å². The first-order valence-electron chi connectivity index (χ1n) is 7.81. The number of hydrogen-bond acceptors (Lipinski definition) is 7. The van der Waals surface area contributed by atoms with Crippen LogP contribution < -0.4 is 5.43 Å². The second-order valence-corrected chi connectivity index (χ2v) is 5.45. The summed E-state index contributed by atoms with van der Waals surface area (Å²) in [6.07, 6.45) is 2.23. The van der Waals surface area contributed by atoms with Crippen LogP contribution in [0.2, 0.25) is 0 Å². The summed E-state index contributed by atoms with van der Waals surface area (Å²) in [5.74, 6) is -0.926. The number of carbonyl (C=O) groups is 2. The average Bonchev–Trinajstić information content (AvgIpc) is 3.17. The van der Waals surface area contributed by atoms with Crippen molar-refractivity contribution in [3.05, 3.63) is 81.9 Å². The molecule has 140 valence electrons. The highest BCUT2D eigenvalue weighted by Gasteiger charge is 2.11. The number of pyridine rings is 1. The monoisotopic (exact) mass is 380 g/mol. The smallest absolute Gasteiger partial charge is 0.335 e. The number of hydrazone groups is 1. The summed E-state index contributed by atoms with van der Waals surface area (Å²) in [5, 5.41) is 23.3. The summed E-state index contributed by atoms with van der Waals surface area (Å²) in [7, 11) is 0. The molecule has 0 atom stereocenters. The summed E-state index contributed by atoms with van der Waals surface area (Å²) >= 11 is 0. The highest BCUT2D eigenvalue weighted by atomic mass is 16.6. The van der Waals surface area contributed by atoms with Crippen LogP contribution in [0, 0.1) is 10.1 Å². The quantitative estimate of drug-likeness (QED) is 0.379. The van der Waals surface area contributed by atoms with Crippen molar-refractivity contribution in [3.8, 4) is 11.3 Å². The molecule has 3 aromatic rings. The SMILES string of the molecule is O=C(O)c1cccc(-c2ccc(/C=N/NC(=O)c3ccc([N+](=O)[O-])cn3)o2)c1. The number of aromatic nitrogens is 1. The van der Waals surface area contributed by atoms with Gasteiger partial charge in [-0.05, 0) is 30.3 Å². The molecule has 0 spiro atoms. The number of nitrogens with zero attached hydrogens (tertiary/aromatic N) is 3. The van der Waals surface area contributed by atoms with Gasteiger partial charge in [0.25, 0.3) is 11.6 Å². The number of carboxylic acid groups (broad SMARTS) is 1. The van der Waals surface area contributed by atoms with E-state index in [9.17, 15) is 19.7 Å². The number of nitro groups is 1. The molecule has 0 saturated heterocycles. The zero-order chi connectivity index (χ0) is 20.1. The third-order valence-corrected chi connectivity index (χ3v) is 3.57. The maximum Gasteiger partial charge on any atom is 0.335 e. The van der Waals surface area contributed by atoms with Gasteiger partial charge in [0.05, 0.1) is 16.7 Å². The molecule has 0 saturated carbocycles. The molecule has 1 aromatic carbocycles. The lowest BCUT2D eigenvalue weighted by molar-refractivity contribution is -0.385. The molecule has 0 aliphatic rings. The summed E-state index contributed by atoms with van der Waals surface area (Å²) in [6.45, 7) is 0. The predicted molar refractivity (Wildman–Crippen MR) is 97.1 cm³/mol. The standard InChI is InChI=1S/C18H12N4O6/c23-17(15-6-4-13(9-19-15)22(26)27)21-20-10-14-5-7-16(28-14)11-2-1-3-12(8-11)18(24)25/h1-10H,(H,21,23)(H,24,25)/b20-10+. The average molecular weight is 380 g/mol. The second kappa shape index (κ2) is 7.91. The first-order chi connectivity index (χ1) is 13.4. The minimum Gasteiger partial charge on any atom is -0.478 e. The minimum absolute atomic E-state index is 0.0339. The van der Waals surface area contributed by atoms with Gasteiger partial charge in [-0.25, -0.2) is 15.2 Å². The second-order valence-electron chi connectivity index (χ2n) is 5.45. The molecule has 0 fully saturated rings. The van der Waals surface area contributed by atoms with Crippen LogP contribution in [0.15, 0.2) is 64.2 Å². The van der Waals surface area contributed by atoms with Crippen molar-refractivity contribution in [2.75, 3.05) is 0 Å². The molecule has 0 bridgehead atoms. The van der Waals surface area contributed by atoms with Gasteiger partial charge in [-0.2, -0.15) is 5.10 Å². The number of benzene rings is 1. The molecular formula is C18H12N4O6. The molecule has 2 aromatic heterocycles. The van der Waals surface area contributed by atoms with E-state index in [-0.39, 0.29) is 16.9 Å². The first kappa shape index (κ1) is 18.5. The number of carbonyl (C=O) groups excluding carboxylic acids is 1. The number of nitrogens with one attached hydrogen (secondary N) is 1. The molecule has 3 rings (SSSR count). The van der Waals surface area contributed by atoms with Crippen LogP contribution in [0.25, 0.3) is 11.3 Å². The molecular weight excluding hydrogens is 368 g/mol. The van der Waals surface area contributed by atoms with Crippen LogP contribution in [0.5, 0.6) is 0 Å². The Morgan fingerprint density at radius 2 is 2.04 bits per heavy atom. The Morgan fingerprint density at radius 1 is 1.21 bits per heavy atom. The van der Waals surface area contributed by atoms with E-state index in [1.807, 2.05) is 0 Å². The van der Waals surface area contributed by atoms with Crippen molar-refractivity contribution >= 4 is 23.8 Å². The molecule has 10 nitrogen and oxygen atoms in total. The number of amides is 1. The van der Waals surface area contributed by atoms with Crippen molar-refractivity contribution in [1.82, 2.24) is 10.4 Å². The van der Waals surface area contributed by atoms with E-state index >= 15 is 0 Å². The number of rotatable bonds is 6. The maximum absolute atomic E-state index is 11.9. The van der Waals surface area contributed by atoms with Crippen molar-refractivity contribution in [3.63, 3.8) is 0 Å². The van der Waals surface area contributed by atoms with E-state index in [1.165, 1.54) is 24.4 Å². The van der Waals surface area contributed by atoms with E-state index in [1.54, 1.807) is 24.3 Å². The fourth-order valence-corrected chi connectivity index (χ4v) is 2.22. The van der Waals surface area contributed by atoms with Gasteiger partial charge in [-0.15, -0.1) is 0 Å². The molecule has 0 aliphatic carbocycles. The van der Waals surface area contributed by atoms with E-state index in [0.717, 1.165) is 12.3 Å². The van der Waals surface area contributed by atoms with Gasteiger partial charge in [0.2, 0.25) is 0 Å². The molecule has 28 heavy (non-hydrogen) atoms. The van der Waals surface area contributed by atoms with Crippen LogP contribution >= 0.6 is 0 Å². The number of carboxylic acids is 1. The molecule has 1 amide bonds. The number of hydrogen-bond donors (Lipinski definition) is 2. The summed E-state index contributed by atoms with van der Waals surface area (Å²) < 4.78 is 5.55. The van der Waals surface area contributed by atoms with Crippen LogP contribution in [-0.4, -0.2) is 33.1 Å². The van der Waals surface area contributed by atoms with Gasteiger partial charge in [-0.1, -0.05) is 12.1 Å². The van der Waals surface area contributed by atoms with Crippen LogP contribution in [-0.2, 0) is 0 Å². The third-order valence-electron chi connectivity index (χ3n) is 3.57. The van der Waals surface area contributed by atoms with Gasteiger partial charge in [0.15, 0.2) is 0 Å². The van der Waals surface area contributed by atoms with Crippen molar-refractivity contribution < 1.29 is 24.0 Å². The minimum atomic E-state index is -1.04. The Morgan fingerprint density at radius 3 is 2.71 bits per heavy atom. The van der Waals surface area contributed by atoms with Gasteiger partial charge < -0.3 is 9.52 Å². The lowest BCUT2D eigenvalue weighted by Crippen LogP contribution is -2.18. The van der Waals surface area contributed by atoms with Gasteiger partial charge in [0.1, 0.15) is 23.4 Å². The highest BCUT2D eigenvalue weighted by Crippen LogP contribution is 2.22. The van der Waals surface area contributed by atoms with E-state index in [0.29, 0.717) is 17.1 Å². The molecule has 2 N–H and O–H groups in total. The largest absolute Gasteiger partial charge is 0.478 e. The van der Waals surface area contributed by atoms with Crippen molar-refractivity contribution in [2.24, 2.45) is 5.10 Å². The Kier molecular flexibility index (Phi) is 5.21. The van der Waals surface area contributed by atoms with E-state index < -0.39 is 16.8 Å².